The molecule has 11 heavy (non-hydrogen) atoms. The molecular weight excluding hydrogens is 138 g/mol. The Bertz CT molecular complexity index is 71.7. The first-order valence-electron chi connectivity index (χ1n) is 4.43. The van der Waals surface area contributed by atoms with Gasteiger partial charge in [0.15, 0.2) is 0 Å². The maximum absolute atomic E-state index is 5.28. The third-order valence-electron chi connectivity index (χ3n) is 1.95. The zero-order chi connectivity index (χ0) is 8.53. The summed E-state index contributed by atoms with van der Waals surface area (Å²) >= 11 is 0. The minimum atomic E-state index is 0.594. The molecule has 0 aromatic heterocycles. The molecule has 0 aromatic rings. The van der Waals surface area contributed by atoms with Crippen LogP contribution in [0.25, 0.3) is 0 Å². The van der Waals surface area contributed by atoms with Crippen molar-refractivity contribution < 1.29 is 0 Å². The van der Waals surface area contributed by atoms with E-state index in [4.69, 9.17) is 5.73 Å². The standard InChI is InChI=1S/C8H21N3/c1-3-8(10-2)5-4-6-11-7-9/h8,10-11H,3-7,9H2,1-2H3/t8-/m1/s1. The van der Waals surface area contributed by atoms with Crippen LogP contribution in [0.3, 0.4) is 0 Å². The molecular formula is C8H21N3. The highest BCUT2D eigenvalue weighted by atomic mass is 14.9. The van der Waals surface area contributed by atoms with Gasteiger partial charge in [-0.25, -0.2) is 0 Å². The quantitative estimate of drug-likeness (QED) is 0.369. The largest absolute Gasteiger partial charge is 0.318 e. The first-order valence-corrected chi connectivity index (χ1v) is 4.43. The Kier molecular flexibility index (Phi) is 7.89. The van der Waals surface area contributed by atoms with Crippen molar-refractivity contribution >= 4 is 0 Å². The summed E-state index contributed by atoms with van der Waals surface area (Å²) in [5.74, 6) is 0. The van der Waals surface area contributed by atoms with E-state index >= 15 is 0 Å². The summed E-state index contributed by atoms with van der Waals surface area (Å²) in [6, 6.07) is 0.676. The fraction of sp³-hybridized carbons (Fsp3) is 1.00. The maximum atomic E-state index is 5.28. The number of nitrogens with one attached hydrogen (secondary N) is 2. The minimum absolute atomic E-state index is 0.594. The lowest BCUT2D eigenvalue weighted by Gasteiger charge is -2.12. The second-order valence-corrected chi connectivity index (χ2v) is 2.74. The normalized spacial score (nSPS) is 13.4. The molecule has 0 rings (SSSR count). The third-order valence-corrected chi connectivity index (χ3v) is 1.95. The summed E-state index contributed by atoms with van der Waals surface area (Å²) in [6.07, 6.45) is 3.65. The van der Waals surface area contributed by atoms with Gasteiger partial charge in [-0.05, 0) is 32.9 Å². The van der Waals surface area contributed by atoms with Crippen LogP contribution in [0.1, 0.15) is 26.2 Å². The molecule has 0 bridgehead atoms. The Hall–Kier alpha value is -0.120. The van der Waals surface area contributed by atoms with Crippen molar-refractivity contribution in [3.63, 3.8) is 0 Å². The highest BCUT2D eigenvalue weighted by Crippen LogP contribution is 1.98. The minimum Gasteiger partial charge on any atom is -0.318 e. The molecule has 1 atom stereocenters. The average Bonchev–Trinajstić information content (AvgIpc) is 2.05. The van der Waals surface area contributed by atoms with Gasteiger partial charge in [0.25, 0.3) is 0 Å². The van der Waals surface area contributed by atoms with Crippen LogP contribution in [0.4, 0.5) is 0 Å². The fourth-order valence-corrected chi connectivity index (χ4v) is 1.13. The van der Waals surface area contributed by atoms with Crippen LogP contribution in [0.2, 0.25) is 0 Å². The van der Waals surface area contributed by atoms with Gasteiger partial charge in [-0.15, -0.1) is 0 Å². The zero-order valence-corrected chi connectivity index (χ0v) is 7.69. The van der Waals surface area contributed by atoms with Gasteiger partial charge >= 0.3 is 0 Å². The van der Waals surface area contributed by atoms with E-state index in [-0.39, 0.29) is 0 Å². The van der Waals surface area contributed by atoms with Crippen molar-refractivity contribution in [2.24, 2.45) is 5.73 Å². The van der Waals surface area contributed by atoms with E-state index < -0.39 is 0 Å². The summed E-state index contributed by atoms with van der Waals surface area (Å²) in [4.78, 5) is 0. The van der Waals surface area contributed by atoms with E-state index in [0.717, 1.165) is 6.54 Å². The summed E-state index contributed by atoms with van der Waals surface area (Å²) in [7, 11) is 2.02. The van der Waals surface area contributed by atoms with E-state index in [1.807, 2.05) is 7.05 Å². The van der Waals surface area contributed by atoms with E-state index in [2.05, 4.69) is 17.6 Å². The molecule has 0 aromatic carbocycles. The molecule has 0 saturated carbocycles. The molecule has 0 saturated heterocycles. The van der Waals surface area contributed by atoms with Crippen LogP contribution in [0.5, 0.6) is 0 Å². The van der Waals surface area contributed by atoms with Crippen LogP contribution < -0.4 is 16.4 Å². The molecule has 68 valence electrons. The first kappa shape index (κ1) is 10.9. The Balaban J connectivity index is 3.07. The molecule has 4 N–H and O–H groups in total. The lowest BCUT2D eigenvalue weighted by molar-refractivity contribution is 0.481. The summed E-state index contributed by atoms with van der Waals surface area (Å²) in [5.41, 5.74) is 5.28. The van der Waals surface area contributed by atoms with E-state index in [9.17, 15) is 0 Å². The van der Waals surface area contributed by atoms with Gasteiger partial charge < -0.3 is 16.4 Å². The zero-order valence-electron chi connectivity index (χ0n) is 7.69. The van der Waals surface area contributed by atoms with E-state index in [1.54, 1.807) is 0 Å². The molecule has 0 amide bonds. The van der Waals surface area contributed by atoms with Gasteiger partial charge in [0.2, 0.25) is 0 Å². The van der Waals surface area contributed by atoms with Crippen molar-refractivity contribution in [3.05, 3.63) is 0 Å². The SMILES string of the molecule is CC[C@H](CCCNCN)NC. The molecule has 0 aliphatic heterocycles. The van der Waals surface area contributed by atoms with Gasteiger partial charge in [0.1, 0.15) is 0 Å². The van der Waals surface area contributed by atoms with Gasteiger partial charge in [0, 0.05) is 12.7 Å². The van der Waals surface area contributed by atoms with Crippen LogP contribution in [0.15, 0.2) is 0 Å². The molecule has 0 aliphatic rings. The fourth-order valence-electron chi connectivity index (χ4n) is 1.13. The Morgan fingerprint density at radius 2 is 2.18 bits per heavy atom. The molecule has 3 nitrogen and oxygen atoms in total. The summed E-state index contributed by atoms with van der Waals surface area (Å²) in [6.45, 7) is 3.84. The number of hydrogen-bond donors (Lipinski definition) is 3. The Labute approximate surface area is 69.7 Å². The van der Waals surface area contributed by atoms with Crippen molar-refractivity contribution in [2.75, 3.05) is 20.3 Å². The number of rotatable bonds is 7. The van der Waals surface area contributed by atoms with E-state index in [0.29, 0.717) is 12.7 Å². The van der Waals surface area contributed by atoms with E-state index in [1.165, 1.54) is 19.3 Å². The van der Waals surface area contributed by atoms with Gasteiger partial charge in [-0.3, -0.25) is 0 Å². The smallest absolute Gasteiger partial charge is 0.0428 e. The van der Waals surface area contributed by atoms with Crippen LogP contribution >= 0.6 is 0 Å². The average molecular weight is 159 g/mol. The third kappa shape index (κ3) is 6.28. The second kappa shape index (κ2) is 7.98. The molecule has 0 heterocycles. The van der Waals surface area contributed by atoms with Crippen molar-refractivity contribution in [1.29, 1.82) is 0 Å². The van der Waals surface area contributed by atoms with Crippen LogP contribution in [-0.2, 0) is 0 Å². The van der Waals surface area contributed by atoms with Crippen molar-refractivity contribution in [3.8, 4) is 0 Å². The molecule has 0 fully saturated rings. The monoisotopic (exact) mass is 159 g/mol. The molecule has 3 heteroatoms. The Morgan fingerprint density at radius 3 is 2.64 bits per heavy atom. The summed E-state index contributed by atoms with van der Waals surface area (Å²) in [5, 5.41) is 6.37. The lowest BCUT2D eigenvalue weighted by Crippen LogP contribution is -2.27. The topological polar surface area (TPSA) is 50.1 Å². The molecule has 0 radical (unpaired) electrons. The van der Waals surface area contributed by atoms with Crippen molar-refractivity contribution in [2.45, 2.75) is 32.2 Å². The first-order chi connectivity index (χ1) is 5.35. The van der Waals surface area contributed by atoms with Gasteiger partial charge in [-0.2, -0.15) is 0 Å². The predicted molar refractivity (Wildman–Crippen MR) is 49.4 cm³/mol. The molecule has 0 aliphatic carbocycles. The predicted octanol–water partition coefficient (Wildman–Crippen LogP) is 0.270. The lowest BCUT2D eigenvalue weighted by atomic mass is 10.1. The van der Waals surface area contributed by atoms with Gasteiger partial charge in [0.05, 0.1) is 0 Å². The summed E-state index contributed by atoms with van der Waals surface area (Å²) < 4.78 is 0. The van der Waals surface area contributed by atoms with Gasteiger partial charge in [-0.1, -0.05) is 6.92 Å². The number of hydrogen-bond acceptors (Lipinski definition) is 3. The Morgan fingerprint density at radius 1 is 1.45 bits per heavy atom. The van der Waals surface area contributed by atoms with Crippen LogP contribution in [-0.4, -0.2) is 26.3 Å². The highest BCUT2D eigenvalue weighted by molar-refractivity contribution is 4.61. The molecule has 0 unspecified atom stereocenters. The highest BCUT2D eigenvalue weighted by Gasteiger charge is 2.00. The number of nitrogens with two attached hydrogens (primary N) is 1. The molecule has 0 spiro atoms. The van der Waals surface area contributed by atoms with Crippen molar-refractivity contribution in [1.82, 2.24) is 10.6 Å². The van der Waals surface area contributed by atoms with Crippen LogP contribution in [0, 0.1) is 0 Å². The second-order valence-electron chi connectivity index (χ2n) is 2.74. The maximum Gasteiger partial charge on any atom is 0.0428 e.